The standard InChI is InChI=1S/C26H28N4O4/c31-23-17-30(16-20(23)15-19-9-11-27-22-3-1-10-28-25(19)22)26(33)18-5-7-21(8-6-18)34-14-13-29-12-2-4-24(29)32/h1,3,5-11,20,23,31H,2,4,12-17H2/t20-,23+/m0/s1. The smallest absolute Gasteiger partial charge is 0.253 e. The lowest BCUT2D eigenvalue weighted by Gasteiger charge is -2.17. The zero-order valence-electron chi connectivity index (χ0n) is 19.0. The second kappa shape index (κ2) is 9.77. The van der Waals surface area contributed by atoms with Crippen LogP contribution in [0.15, 0.2) is 54.9 Å². The van der Waals surface area contributed by atoms with E-state index in [1.165, 1.54) is 0 Å². The maximum absolute atomic E-state index is 13.0. The van der Waals surface area contributed by atoms with Crippen molar-refractivity contribution in [3.63, 3.8) is 0 Å². The number of amides is 2. The largest absolute Gasteiger partial charge is 0.492 e. The molecule has 2 fully saturated rings. The van der Waals surface area contributed by atoms with E-state index in [4.69, 9.17) is 4.74 Å². The summed E-state index contributed by atoms with van der Waals surface area (Å²) in [6, 6.07) is 12.8. The highest BCUT2D eigenvalue weighted by Crippen LogP contribution is 2.26. The third kappa shape index (κ3) is 4.72. The lowest BCUT2D eigenvalue weighted by atomic mass is 9.96. The number of likely N-dealkylation sites (tertiary alicyclic amines) is 2. The molecule has 0 spiro atoms. The number of benzene rings is 1. The highest BCUT2D eigenvalue weighted by molar-refractivity contribution is 5.94. The van der Waals surface area contributed by atoms with E-state index in [9.17, 15) is 14.7 Å². The summed E-state index contributed by atoms with van der Waals surface area (Å²) in [4.78, 5) is 37.0. The zero-order valence-corrected chi connectivity index (χ0v) is 19.0. The summed E-state index contributed by atoms with van der Waals surface area (Å²) in [5.74, 6) is 0.685. The van der Waals surface area contributed by atoms with Gasteiger partial charge in [0.1, 0.15) is 12.4 Å². The topological polar surface area (TPSA) is 95.9 Å². The SMILES string of the molecule is O=C1CCCN1CCOc1ccc(C(=O)N2C[C@H](Cc3ccnc4cccnc34)[C@H](O)C2)cc1. The third-order valence-electron chi connectivity index (χ3n) is 6.66. The number of fused-ring (bicyclic) bond motifs is 1. The lowest BCUT2D eigenvalue weighted by molar-refractivity contribution is -0.128. The van der Waals surface area contributed by atoms with Gasteiger partial charge in [-0.05, 0) is 60.9 Å². The second-order valence-electron chi connectivity index (χ2n) is 8.94. The molecule has 0 saturated carbocycles. The van der Waals surface area contributed by atoms with Gasteiger partial charge in [0.05, 0.1) is 23.7 Å². The van der Waals surface area contributed by atoms with Gasteiger partial charge in [-0.1, -0.05) is 0 Å². The van der Waals surface area contributed by atoms with Gasteiger partial charge in [-0.2, -0.15) is 0 Å². The molecular formula is C26H28N4O4. The van der Waals surface area contributed by atoms with E-state index in [2.05, 4.69) is 9.97 Å². The molecule has 3 aromatic rings. The van der Waals surface area contributed by atoms with Crippen LogP contribution in [0.4, 0.5) is 0 Å². The highest BCUT2D eigenvalue weighted by atomic mass is 16.5. The summed E-state index contributed by atoms with van der Waals surface area (Å²) < 4.78 is 5.74. The van der Waals surface area contributed by atoms with E-state index in [1.807, 2.05) is 23.1 Å². The van der Waals surface area contributed by atoms with E-state index in [-0.39, 0.29) is 17.7 Å². The Balaban J connectivity index is 1.17. The molecule has 8 nitrogen and oxygen atoms in total. The van der Waals surface area contributed by atoms with Crippen molar-refractivity contribution in [2.45, 2.75) is 25.4 Å². The van der Waals surface area contributed by atoms with E-state index in [0.29, 0.717) is 50.4 Å². The van der Waals surface area contributed by atoms with Crippen LogP contribution in [-0.4, -0.2) is 75.6 Å². The van der Waals surface area contributed by atoms with E-state index < -0.39 is 6.10 Å². The number of hydrogen-bond acceptors (Lipinski definition) is 6. The molecule has 0 unspecified atom stereocenters. The van der Waals surface area contributed by atoms with Gasteiger partial charge >= 0.3 is 0 Å². The molecule has 8 heteroatoms. The molecule has 1 aromatic carbocycles. The maximum Gasteiger partial charge on any atom is 0.253 e. The van der Waals surface area contributed by atoms with Gasteiger partial charge in [-0.25, -0.2) is 0 Å². The van der Waals surface area contributed by atoms with Crippen LogP contribution in [0.2, 0.25) is 0 Å². The predicted molar refractivity (Wildman–Crippen MR) is 126 cm³/mol. The maximum atomic E-state index is 13.0. The van der Waals surface area contributed by atoms with Crippen LogP contribution in [0.5, 0.6) is 5.75 Å². The van der Waals surface area contributed by atoms with Crippen molar-refractivity contribution in [2.75, 3.05) is 32.8 Å². The van der Waals surface area contributed by atoms with Crippen LogP contribution in [0.3, 0.4) is 0 Å². The fraction of sp³-hybridized carbons (Fsp3) is 0.385. The molecule has 0 bridgehead atoms. The van der Waals surface area contributed by atoms with Crippen LogP contribution in [0, 0.1) is 5.92 Å². The van der Waals surface area contributed by atoms with Gasteiger partial charge in [0.25, 0.3) is 5.91 Å². The van der Waals surface area contributed by atoms with E-state index >= 15 is 0 Å². The first-order chi connectivity index (χ1) is 16.6. The molecule has 2 atom stereocenters. The zero-order chi connectivity index (χ0) is 23.5. The molecule has 34 heavy (non-hydrogen) atoms. The second-order valence-corrected chi connectivity index (χ2v) is 8.94. The minimum absolute atomic E-state index is 0.0625. The Hall–Kier alpha value is -3.52. The van der Waals surface area contributed by atoms with Gasteiger partial charge < -0.3 is 19.6 Å². The molecule has 2 aliphatic rings. The van der Waals surface area contributed by atoms with E-state index in [0.717, 1.165) is 29.6 Å². The normalized spacial score (nSPS) is 20.3. The molecular weight excluding hydrogens is 432 g/mol. The van der Waals surface area contributed by atoms with Crippen LogP contribution >= 0.6 is 0 Å². The quantitative estimate of drug-likeness (QED) is 0.581. The van der Waals surface area contributed by atoms with Gasteiger partial charge in [-0.15, -0.1) is 0 Å². The fourth-order valence-corrected chi connectivity index (χ4v) is 4.79. The van der Waals surface area contributed by atoms with Gasteiger partial charge in [-0.3, -0.25) is 19.6 Å². The molecule has 5 rings (SSSR count). The number of carbonyl (C=O) groups excluding carboxylic acids is 2. The number of nitrogens with zero attached hydrogens (tertiary/aromatic N) is 4. The van der Waals surface area contributed by atoms with Crippen molar-refractivity contribution in [3.8, 4) is 5.75 Å². The van der Waals surface area contributed by atoms with Gasteiger partial charge in [0.15, 0.2) is 0 Å². The Labute approximate surface area is 198 Å². The number of pyridine rings is 2. The monoisotopic (exact) mass is 460 g/mol. The highest BCUT2D eigenvalue weighted by Gasteiger charge is 2.34. The number of carbonyl (C=O) groups is 2. The number of β-amino-alcohol motifs (C(OH)–C–C–N with tert-alkyl or cyclic N) is 1. The summed E-state index contributed by atoms with van der Waals surface area (Å²) in [6.07, 6.45) is 5.08. The van der Waals surface area contributed by atoms with Crippen molar-refractivity contribution in [1.82, 2.24) is 19.8 Å². The summed E-state index contributed by atoms with van der Waals surface area (Å²) in [7, 11) is 0. The molecule has 1 N–H and O–H groups in total. The Morgan fingerprint density at radius 3 is 2.74 bits per heavy atom. The molecule has 2 saturated heterocycles. The Kier molecular flexibility index (Phi) is 6.40. The number of ether oxygens (including phenoxy) is 1. The Morgan fingerprint density at radius 1 is 1.09 bits per heavy atom. The average Bonchev–Trinajstić information content (AvgIpc) is 3.44. The first-order valence-electron chi connectivity index (χ1n) is 11.7. The first kappa shape index (κ1) is 22.3. The van der Waals surface area contributed by atoms with Gasteiger partial charge in [0.2, 0.25) is 5.91 Å². The fourth-order valence-electron chi connectivity index (χ4n) is 4.79. The Morgan fingerprint density at radius 2 is 1.94 bits per heavy atom. The predicted octanol–water partition coefficient (Wildman–Crippen LogP) is 2.31. The molecule has 0 aliphatic carbocycles. The molecule has 2 aromatic heterocycles. The number of hydrogen-bond donors (Lipinski definition) is 1. The summed E-state index contributed by atoms with van der Waals surface area (Å²) in [6.45, 7) is 2.60. The molecule has 2 amide bonds. The van der Waals surface area contributed by atoms with Crippen molar-refractivity contribution < 1.29 is 19.4 Å². The number of aromatic nitrogens is 2. The molecule has 176 valence electrons. The third-order valence-corrected chi connectivity index (χ3v) is 6.66. The Bertz CT molecular complexity index is 1180. The van der Waals surface area contributed by atoms with Gasteiger partial charge in [0, 0.05) is 49.9 Å². The van der Waals surface area contributed by atoms with Crippen LogP contribution in [0.1, 0.15) is 28.8 Å². The minimum Gasteiger partial charge on any atom is -0.492 e. The summed E-state index contributed by atoms with van der Waals surface area (Å²) >= 11 is 0. The van der Waals surface area contributed by atoms with Crippen LogP contribution < -0.4 is 4.74 Å². The number of aliphatic hydroxyl groups excluding tert-OH is 1. The molecule has 2 aliphatic heterocycles. The van der Waals surface area contributed by atoms with Crippen LogP contribution in [0.25, 0.3) is 11.0 Å². The summed E-state index contributed by atoms with van der Waals surface area (Å²) in [5.41, 5.74) is 3.26. The number of rotatable bonds is 7. The van der Waals surface area contributed by atoms with Crippen molar-refractivity contribution in [2.24, 2.45) is 5.92 Å². The summed E-state index contributed by atoms with van der Waals surface area (Å²) in [5, 5.41) is 10.7. The minimum atomic E-state index is -0.591. The van der Waals surface area contributed by atoms with Crippen molar-refractivity contribution in [3.05, 3.63) is 66.0 Å². The molecule has 0 radical (unpaired) electrons. The van der Waals surface area contributed by atoms with Crippen LogP contribution in [-0.2, 0) is 11.2 Å². The van der Waals surface area contributed by atoms with Crippen molar-refractivity contribution in [1.29, 1.82) is 0 Å². The van der Waals surface area contributed by atoms with E-state index in [1.54, 1.807) is 41.6 Å². The van der Waals surface area contributed by atoms with Crippen molar-refractivity contribution >= 4 is 22.8 Å². The number of aliphatic hydroxyl groups is 1. The first-order valence-corrected chi connectivity index (χ1v) is 11.7. The molecule has 4 heterocycles. The lowest BCUT2D eigenvalue weighted by Crippen LogP contribution is -2.29. The average molecular weight is 461 g/mol.